The van der Waals surface area contributed by atoms with Crippen LogP contribution in [0.2, 0.25) is 0 Å². The first-order chi connectivity index (χ1) is 15.7. The van der Waals surface area contributed by atoms with Crippen molar-refractivity contribution in [1.82, 2.24) is 9.88 Å². The van der Waals surface area contributed by atoms with E-state index in [4.69, 9.17) is 19.2 Å². The predicted molar refractivity (Wildman–Crippen MR) is 116 cm³/mol. The Kier molecular flexibility index (Phi) is 6.39. The highest BCUT2D eigenvalue weighted by Gasteiger charge is 2.44. The molecule has 32 heavy (non-hydrogen) atoms. The van der Waals surface area contributed by atoms with Gasteiger partial charge in [0.05, 0.1) is 13.2 Å². The van der Waals surface area contributed by atoms with Crippen LogP contribution in [0.4, 0.5) is 0 Å². The smallest absolute Gasteiger partial charge is 0.415 e. The van der Waals surface area contributed by atoms with Gasteiger partial charge in [-0.25, -0.2) is 9.78 Å². The summed E-state index contributed by atoms with van der Waals surface area (Å²) in [5, 5.41) is 0. The maximum absolute atomic E-state index is 13.2. The molecule has 1 fully saturated rings. The number of ether oxygens (including phenoxy) is 3. The number of rotatable bonds is 0. The highest BCUT2D eigenvalue weighted by Crippen LogP contribution is 2.34. The molecule has 1 aromatic rings. The summed E-state index contributed by atoms with van der Waals surface area (Å²) in [5.74, 6) is 1.68. The van der Waals surface area contributed by atoms with E-state index in [9.17, 15) is 9.59 Å². The van der Waals surface area contributed by atoms with Gasteiger partial charge in [-0.2, -0.15) is 0 Å². The van der Waals surface area contributed by atoms with E-state index in [1.54, 1.807) is 4.58 Å². The Morgan fingerprint density at radius 2 is 1.94 bits per heavy atom. The second-order valence-corrected chi connectivity index (χ2v) is 9.15. The minimum absolute atomic E-state index is 0.0299. The summed E-state index contributed by atoms with van der Waals surface area (Å²) in [6, 6.07) is 5.66. The molecule has 8 heteroatoms. The van der Waals surface area contributed by atoms with Gasteiger partial charge in [0, 0.05) is 37.1 Å². The van der Waals surface area contributed by atoms with Crippen molar-refractivity contribution in [2.45, 2.75) is 69.4 Å². The minimum Gasteiger partial charge on any atom is -0.478 e. The number of carbonyl (C=O) groups excluding carboxylic acids is 2. The fourth-order valence-electron chi connectivity index (χ4n) is 5.25. The highest BCUT2D eigenvalue weighted by atomic mass is 16.5. The van der Waals surface area contributed by atoms with E-state index in [-0.39, 0.29) is 30.6 Å². The third-order valence-electron chi connectivity index (χ3n) is 6.99. The van der Waals surface area contributed by atoms with E-state index in [1.807, 2.05) is 17.0 Å². The molecule has 5 heterocycles. The van der Waals surface area contributed by atoms with E-state index in [2.05, 4.69) is 6.07 Å². The van der Waals surface area contributed by atoms with Crippen LogP contribution in [0.1, 0.15) is 63.0 Å². The molecule has 2 amide bonds. The minimum atomic E-state index is -0.335. The van der Waals surface area contributed by atoms with Crippen molar-refractivity contribution in [1.29, 1.82) is 0 Å². The molecule has 1 saturated carbocycles. The van der Waals surface area contributed by atoms with Gasteiger partial charge in [-0.15, -0.1) is 4.58 Å². The first-order valence-corrected chi connectivity index (χ1v) is 12.0. The maximum atomic E-state index is 13.2. The molecule has 6 rings (SSSR count). The fourth-order valence-corrected chi connectivity index (χ4v) is 5.25. The summed E-state index contributed by atoms with van der Waals surface area (Å²) >= 11 is 0. The summed E-state index contributed by atoms with van der Waals surface area (Å²) < 4.78 is 19.8. The molecule has 0 unspecified atom stereocenters. The van der Waals surface area contributed by atoms with E-state index in [0.717, 1.165) is 50.6 Å². The number of fused-ring (bicyclic) bond motifs is 7. The summed E-state index contributed by atoms with van der Waals surface area (Å²) in [6.07, 6.45) is 6.50. The van der Waals surface area contributed by atoms with Crippen molar-refractivity contribution >= 4 is 17.7 Å². The third-order valence-corrected chi connectivity index (χ3v) is 6.99. The Hall–Kier alpha value is -2.48. The van der Waals surface area contributed by atoms with Crippen LogP contribution in [0, 0.1) is 0 Å². The number of pyridine rings is 1. The molecule has 1 aliphatic carbocycles. The zero-order valence-electron chi connectivity index (χ0n) is 18.5. The van der Waals surface area contributed by atoms with Gasteiger partial charge in [-0.05, 0) is 44.6 Å². The number of hydrogen-bond acceptors (Lipinski definition) is 6. The van der Waals surface area contributed by atoms with Gasteiger partial charge in [0.25, 0.3) is 0 Å². The van der Waals surface area contributed by atoms with Crippen molar-refractivity contribution in [2.75, 3.05) is 32.9 Å². The van der Waals surface area contributed by atoms with E-state index in [0.29, 0.717) is 50.4 Å². The zero-order valence-corrected chi connectivity index (χ0v) is 18.5. The number of amides is 2. The van der Waals surface area contributed by atoms with Gasteiger partial charge in [-0.1, -0.05) is 6.07 Å². The van der Waals surface area contributed by atoms with Gasteiger partial charge in [0.2, 0.25) is 11.8 Å². The van der Waals surface area contributed by atoms with Crippen molar-refractivity contribution in [3.63, 3.8) is 0 Å². The Morgan fingerprint density at radius 1 is 1.06 bits per heavy atom. The van der Waals surface area contributed by atoms with Gasteiger partial charge in [0.15, 0.2) is 19.2 Å². The van der Waals surface area contributed by atoms with Crippen LogP contribution in [0.25, 0.3) is 0 Å². The van der Waals surface area contributed by atoms with Crippen LogP contribution in [-0.2, 0) is 19.1 Å². The van der Waals surface area contributed by atoms with Crippen molar-refractivity contribution in [2.24, 2.45) is 0 Å². The Bertz CT molecular complexity index is 893. The van der Waals surface area contributed by atoms with Crippen LogP contribution in [0.3, 0.4) is 0 Å². The topological polar surface area (TPSA) is 81.0 Å². The number of aromatic nitrogens is 1. The van der Waals surface area contributed by atoms with Crippen LogP contribution in [-0.4, -0.2) is 77.2 Å². The monoisotopic (exact) mass is 442 g/mol. The lowest BCUT2D eigenvalue weighted by molar-refractivity contribution is -0.459. The standard InChI is InChI=1S/C24H32N3O5/c28-22-7-1-2-14-31-21-6-3-5-19(25-21)17-8-10-18(11-9-17)32-24-20-15-30-16-23(29)27(24)13-4-12-26(20)22/h3,5-6,17-18,20H,1-2,4,7-16H2/q+1/t17?,18?,20-/m0/s1. The average molecular weight is 443 g/mol. The van der Waals surface area contributed by atoms with Crippen molar-refractivity contribution in [3.8, 4) is 5.88 Å². The number of nitrogens with zero attached hydrogens (tertiary/aromatic N) is 3. The lowest BCUT2D eigenvalue weighted by atomic mass is 9.85. The highest BCUT2D eigenvalue weighted by molar-refractivity contribution is 5.89. The molecule has 8 bridgehead atoms. The second kappa shape index (κ2) is 9.57. The largest absolute Gasteiger partial charge is 0.478 e. The Morgan fingerprint density at radius 3 is 2.81 bits per heavy atom. The van der Waals surface area contributed by atoms with Crippen molar-refractivity contribution in [3.05, 3.63) is 23.9 Å². The maximum Gasteiger partial charge on any atom is 0.415 e. The van der Waals surface area contributed by atoms with Crippen LogP contribution in [0.15, 0.2) is 18.2 Å². The summed E-state index contributed by atoms with van der Waals surface area (Å²) in [4.78, 5) is 32.5. The zero-order chi connectivity index (χ0) is 21.9. The summed E-state index contributed by atoms with van der Waals surface area (Å²) in [7, 11) is 0. The number of hydrogen-bond donors (Lipinski definition) is 0. The van der Waals surface area contributed by atoms with Gasteiger partial charge < -0.3 is 19.1 Å². The first kappa shape index (κ1) is 21.4. The summed E-state index contributed by atoms with van der Waals surface area (Å²) in [5.41, 5.74) is 1.08. The molecule has 5 aliphatic rings. The van der Waals surface area contributed by atoms with E-state index in [1.165, 1.54) is 0 Å². The van der Waals surface area contributed by atoms with Crippen molar-refractivity contribution < 1.29 is 28.4 Å². The van der Waals surface area contributed by atoms with E-state index < -0.39 is 0 Å². The lowest BCUT2D eigenvalue weighted by Crippen LogP contribution is -2.50. The SMILES string of the molecule is O=C1CCCCOc2cccc(n2)C2CCC(CC2)OC2=[N+]3CCCN1[C@H]2COCC3=O. The summed E-state index contributed by atoms with van der Waals surface area (Å²) in [6.45, 7) is 2.07. The lowest BCUT2D eigenvalue weighted by Gasteiger charge is -2.31. The molecule has 0 radical (unpaired) electrons. The Labute approximate surface area is 188 Å². The quantitative estimate of drug-likeness (QED) is 0.574. The van der Waals surface area contributed by atoms with Gasteiger partial charge in [-0.3, -0.25) is 4.79 Å². The normalized spacial score (nSPS) is 29.5. The fraction of sp³-hybridized carbons (Fsp3) is 0.667. The molecular formula is C24H32N3O5+. The van der Waals surface area contributed by atoms with Gasteiger partial charge >= 0.3 is 11.8 Å². The van der Waals surface area contributed by atoms with Crippen LogP contribution < -0.4 is 4.74 Å². The third kappa shape index (κ3) is 4.51. The van der Waals surface area contributed by atoms with E-state index >= 15 is 0 Å². The predicted octanol–water partition coefficient (Wildman–Crippen LogP) is 2.26. The number of carbonyl (C=O) groups is 2. The molecule has 172 valence electrons. The Balaban J connectivity index is 1.44. The molecular weight excluding hydrogens is 410 g/mol. The molecule has 0 saturated heterocycles. The van der Waals surface area contributed by atoms with Gasteiger partial charge in [0.1, 0.15) is 6.10 Å². The molecule has 0 spiro atoms. The first-order valence-electron chi connectivity index (χ1n) is 12.0. The van der Waals surface area contributed by atoms with Crippen LogP contribution in [0.5, 0.6) is 5.88 Å². The molecule has 4 aliphatic heterocycles. The molecule has 1 atom stereocenters. The average Bonchev–Trinajstić information content (AvgIpc) is 3.07. The molecule has 8 nitrogen and oxygen atoms in total. The van der Waals surface area contributed by atoms with Crippen LogP contribution >= 0.6 is 0 Å². The molecule has 0 N–H and O–H groups in total. The molecule has 0 aromatic carbocycles. The molecule has 1 aromatic heterocycles. The second-order valence-electron chi connectivity index (χ2n) is 9.15.